The maximum Gasteiger partial charge on any atom is 0.409 e. The molecule has 1 saturated heterocycles. The van der Waals surface area contributed by atoms with Gasteiger partial charge in [-0.15, -0.1) is 0 Å². The van der Waals surface area contributed by atoms with Gasteiger partial charge < -0.3 is 9.64 Å². The average molecular weight is 261 g/mol. The lowest BCUT2D eigenvalue weighted by molar-refractivity contribution is 0.0588. The Hall–Kier alpha value is -1.04. The predicted molar refractivity (Wildman–Crippen MR) is 65.3 cm³/mol. The molecule has 1 aliphatic heterocycles. The van der Waals surface area contributed by atoms with Gasteiger partial charge in [0.1, 0.15) is 0 Å². The van der Waals surface area contributed by atoms with Gasteiger partial charge in [-0.1, -0.05) is 19.9 Å². The fourth-order valence-electron chi connectivity index (χ4n) is 1.62. The number of likely N-dealkylation sites (tertiary alicyclic amines) is 1. The largest absolute Gasteiger partial charge is 0.449 e. The number of carbonyl (C=O) groups excluding carboxylic acids is 1. The number of carbonyl (C=O) groups is 1. The highest BCUT2D eigenvalue weighted by Gasteiger charge is 2.33. The molecule has 17 heavy (non-hydrogen) atoms. The van der Waals surface area contributed by atoms with Gasteiger partial charge in [-0.25, -0.2) is 13.2 Å². The molecule has 5 nitrogen and oxygen atoms in total. The number of rotatable bonds is 6. The first-order valence-corrected chi connectivity index (χ1v) is 7.47. The molecule has 1 fully saturated rings. The number of sulfone groups is 1. The molecule has 0 spiro atoms. The van der Waals surface area contributed by atoms with Gasteiger partial charge in [0.05, 0.1) is 12.4 Å². The summed E-state index contributed by atoms with van der Waals surface area (Å²) in [6.07, 6.45) is 1.49. The summed E-state index contributed by atoms with van der Waals surface area (Å²) in [5.41, 5.74) is 0. The van der Waals surface area contributed by atoms with Crippen LogP contribution in [-0.4, -0.2) is 44.9 Å². The van der Waals surface area contributed by atoms with Crippen LogP contribution in [0, 0.1) is 5.92 Å². The van der Waals surface area contributed by atoms with E-state index in [0.717, 1.165) is 18.2 Å². The lowest BCUT2D eigenvalue weighted by Crippen LogP contribution is -2.52. The highest BCUT2D eigenvalue weighted by molar-refractivity contribution is 7.94. The van der Waals surface area contributed by atoms with Gasteiger partial charge in [0.25, 0.3) is 0 Å². The summed E-state index contributed by atoms with van der Waals surface area (Å²) in [4.78, 5) is 12.9. The zero-order chi connectivity index (χ0) is 12.9. The molecule has 1 amide bonds. The van der Waals surface area contributed by atoms with Crippen LogP contribution in [0.2, 0.25) is 0 Å². The highest BCUT2D eigenvalue weighted by atomic mass is 32.2. The highest BCUT2D eigenvalue weighted by Crippen LogP contribution is 2.19. The maximum absolute atomic E-state index is 11.4. The van der Waals surface area contributed by atoms with Crippen LogP contribution in [0.25, 0.3) is 0 Å². The molecule has 1 rings (SSSR count). The third kappa shape index (κ3) is 4.38. The Morgan fingerprint density at radius 2 is 2.18 bits per heavy atom. The van der Waals surface area contributed by atoms with Gasteiger partial charge in [-0.05, 0) is 6.42 Å². The second-order valence-electron chi connectivity index (χ2n) is 4.24. The average Bonchev–Trinajstić information content (AvgIpc) is 2.23. The molecule has 0 unspecified atom stereocenters. The molecule has 0 aromatic rings. The van der Waals surface area contributed by atoms with E-state index < -0.39 is 9.84 Å². The van der Waals surface area contributed by atoms with E-state index in [4.69, 9.17) is 4.74 Å². The molecular weight excluding hydrogens is 242 g/mol. The van der Waals surface area contributed by atoms with Gasteiger partial charge in [0.2, 0.25) is 0 Å². The summed E-state index contributed by atoms with van der Waals surface area (Å²) >= 11 is 0. The normalized spacial score (nSPS) is 16.4. The topological polar surface area (TPSA) is 63.7 Å². The van der Waals surface area contributed by atoms with Crippen molar-refractivity contribution in [2.45, 2.75) is 19.8 Å². The lowest BCUT2D eigenvalue weighted by atomic mass is 10.0. The van der Waals surface area contributed by atoms with E-state index in [9.17, 15) is 13.2 Å². The van der Waals surface area contributed by atoms with Crippen LogP contribution in [0.4, 0.5) is 4.79 Å². The van der Waals surface area contributed by atoms with Gasteiger partial charge in [-0.3, -0.25) is 0 Å². The molecule has 98 valence electrons. The molecule has 0 bridgehead atoms. The van der Waals surface area contributed by atoms with Crippen molar-refractivity contribution < 1.29 is 17.9 Å². The Morgan fingerprint density at radius 3 is 2.71 bits per heavy atom. The monoisotopic (exact) mass is 261 g/mol. The summed E-state index contributed by atoms with van der Waals surface area (Å²) in [6, 6.07) is 0. The summed E-state index contributed by atoms with van der Waals surface area (Å²) in [5.74, 6) is 0.0756. The van der Waals surface area contributed by atoms with Crippen molar-refractivity contribution in [1.29, 1.82) is 0 Å². The Labute approximate surface area is 102 Å². The van der Waals surface area contributed by atoms with E-state index in [-0.39, 0.29) is 17.8 Å². The van der Waals surface area contributed by atoms with E-state index in [0.29, 0.717) is 19.7 Å². The minimum absolute atomic E-state index is 0.0109. The minimum atomic E-state index is -3.16. The third-order valence-corrected chi connectivity index (χ3v) is 4.10. The first kappa shape index (κ1) is 14.0. The predicted octanol–water partition coefficient (Wildman–Crippen LogP) is 1.41. The Morgan fingerprint density at radius 1 is 1.53 bits per heavy atom. The molecule has 0 N–H and O–H groups in total. The smallest absolute Gasteiger partial charge is 0.409 e. The maximum atomic E-state index is 11.4. The SMILES string of the molecule is C=CS(=O)(=O)CC1CN(C(=O)OCCCC)C1. The van der Waals surface area contributed by atoms with Crippen LogP contribution < -0.4 is 0 Å². The molecule has 0 saturated carbocycles. The second-order valence-corrected chi connectivity index (χ2v) is 6.23. The number of hydrogen-bond donors (Lipinski definition) is 0. The van der Waals surface area contributed by atoms with Crippen LogP contribution in [0.15, 0.2) is 12.0 Å². The third-order valence-electron chi connectivity index (χ3n) is 2.66. The van der Waals surface area contributed by atoms with Gasteiger partial charge in [-0.2, -0.15) is 0 Å². The second kappa shape index (κ2) is 6.05. The fourth-order valence-corrected chi connectivity index (χ4v) is 2.62. The Bertz CT molecular complexity index is 371. The minimum Gasteiger partial charge on any atom is -0.449 e. The van der Waals surface area contributed by atoms with Crippen molar-refractivity contribution in [3.8, 4) is 0 Å². The molecule has 0 radical (unpaired) electrons. The molecular formula is C11H19NO4S. The quantitative estimate of drug-likeness (QED) is 0.678. The molecule has 6 heteroatoms. The first-order valence-electron chi connectivity index (χ1n) is 5.75. The molecule has 0 atom stereocenters. The Balaban J connectivity index is 2.23. The Kier molecular flexibility index (Phi) is 4.99. The summed E-state index contributed by atoms with van der Waals surface area (Å²) in [5, 5.41) is 0.967. The standard InChI is InChI=1S/C11H19NO4S/c1-3-5-6-16-11(13)12-7-10(8-12)9-17(14,15)4-2/h4,10H,2-3,5-9H2,1H3. The van der Waals surface area contributed by atoms with E-state index in [1.807, 2.05) is 6.92 Å². The summed E-state index contributed by atoms with van der Waals surface area (Å²) in [7, 11) is -3.16. The van der Waals surface area contributed by atoms with E-state index in [2.05, 4.69) is 6.58 Å². The van der Waals surface area contributed by atoms with Crippen LogP contribution in [-0.2, 0) is 14.6 Å². The molecule has 0 aromatic carbocycles. The number of nitrogens with zero attached hydrogens (tertiary/aromatic N) is 1. The van der Waals surface area contributed by atoms with E-state index in [1.165, 1.54) is 4.90 Å². The van der Waals surface area contributed by atoms with Crippen molar-refractivity contribution in [1.82, 2.24) is 4.90 Å². The van der Waals surface area contributed by atoms with Crippen molar-refractivity contribution in [2.75, 3.05) is 25.4 Å². The van der Waals surface area contributed by atoms with Gasteiger partial charge >= 0.3 is 6.09 Å². The zero-order valence-corrected chi connectivity index (χ0v) is 10.9. The van der Waals surface area contributed by atoms with Crippen molar-refractivity contribution in [3.63, 3.8) is 0 Å². The molecule has 0 aliphatic carbocycles. The van der Waals surface area contributed by atoms with Crippen LogP contribution >= 0.6 is 0 Å². The number of hydrogen-bond acceptors (Lipinski definition) is 4. The van der Waals surface area contributed by atoms with E-state index in [1.54, 1.807) is 0 Å². The van der Waals surface area contributed by atoms with Crippen molar-refractivity contribution in [3.05, 3.63) is 12.0 Å². The summed E-state index contributed by atoms with van der Waals surface area (Å²) < 4.78 is 27.5. The van der Waals surface area contributed by atoms with Crippen LogP contribution in [0.5, 0.6) is 0 Å². The van der Waals surface area contributed by atoms with Crippen LogP contribution in [0.1, 0.15) is 19.8 Å². The van der Waals surface area contributed by atoms with Gasteiger partial charge in [0.15, 0.2) is 9.84 Å². The van der Waals surface area contributed by atoms with Crippen molar-refractivity contribution >= 4 is 15.9 Å². The van der Waals surface area contributed by atoms with Crippen molar-refractivity contribution in [2.24, 2.45) is 5.92 Å². The number of amides is 1. The molecule has 0 aromatic heterocycles. The summed E-state index contributed by atoms with van der Waals surface area (Å²) in [6.45, 7) is 6.62. The van der Waals surface area contributed by atoms with Gasteiger partial charge in [0, 0.05) is 24.4 Å². The molecule has 1 heterocycles. The first-order chi connectivity index (χ1) is 7.98. The number of ether oxygens (including phenoxy) is 1. The lowest BCUT2D eigenvalue weighted by Gasteiger charge is -2.37. The number of unbranched alkanes of at least 4 members (excludes halogenated alkanes) is 1. The fraction of sp³-hybridized carbons (Fsp3) is 0.727. The van der Waals surface area contributed by atoms with E-state index >= 15 is 0 Å². The van der Waals surface area contributed by atoms with Crippen LogP contribution in [0.3, 0.4) is 0 Å². The molecule has 1 aliphatic rings. The zero-order valence-electron chi connectivity index (χ0n) is 10.1.